The Labute approximate surface area is 393 Å². The van der Waals surface area contributed by atoms with Crippen LogP contribution in [0.3, 0.4) is 0 Å². The van der Waals surface area contributed by atoms with E-state index in [0.717, 1.165) is 51.4 Å². The molecule has 0 aromatic rings. The van der Waals surface area contributed by atoms with Crippen molar-refractivity contribution in [2.75, 3.05) is 19.8 Å². The van der Waals surface area contributed by atoms with Crippen LogP contribution in [0.5, 0.6) is 0 Å². The molecule has 2 rings (SSSR count). The van der Waals surface area contributed by atoms with Gasteiger partial charge in [-0.2, -0.15) is 0 Å². The van der Waals surface area contributed by atoms with Gasteiger partial charge in [-0.3, -0.25) is 4.79 Å². The highest BCUT2D eigenvalue weighted by atomic mass is 16.7. The number of nitrogens with one attached hydrogen (secondary N) is 1. The van der Waals surface area contributed by atoms with Crippen LogP contribution in [0.2, 0.25) is 0 Å². The van der Waals surface area contributed by atoms with Gasteiger partial charge in [0.15, 0.2) is 12.6 Å². The molecule has 0 aliphatic carbocycles. The minimum atomic E-state index is -1.78. The SMILES string of the molecule is CCCCCCCCCCCCCCCCCCCCCCCC(O)C(COC1OC(CO)C(OC2OC(CO)C(O)C(O)C2O)C(O)C1O)NC(=O)CCCCCCCCCCCC. The molecule has 0 aromatic heterocycles. The maximum atomic E-state index is 13.1. The van der Waals surface area contributed by atoms with E-state index in [1.807, 2.05) is 0 Å². The first-order valence-corrected chi connectivity index (χ1v) is 26.8. The number of carbonyl (C=O) groups is 1. The summed E-state index contributed by atoms with van der Waals surface area (Å²) >= 11 is 0. The summed E-state index contributed by atoms with van der Waals surface area (Å²) in [6.45, 7) is 2.85. The molecule has 2 heterocycles. The van der Waals surface area contributed by atoms with Crippen LogP contribution in [0.15, 0.2) is 0 Å². The van der Waals surface area contributed by atoms with Crippen molar-refractivity contribution in [2.24, 2.45) is 0 Å². The van der Waals surface area contributed by atoms with Gasteiger partial charge in [-0.25, -0.2) is 0 Å². The second-order valence-electron chi connectivity index (χ2n) is 19.4. The van der Waals surface area contributed by atoms with E-state index in [1.54, 1.807) is 0 Å². The molecule has 12 unspecified atom stereocenters. The first-order valence-electron chi connectivity index (χ1n) is 26.8. The van der Waals surface area contributed by atoms with E-state index in [0.29, 0.717) is 12.8 Å². The van der Waals surface area contributed by atoms with Crippen LogP contribution in [-0.4, -0.2) is 140 Å². The fourth-order valence-electron chi connectivity index (χ4n) is 9.18. The zero-order valence-electron chi connectivity index (χ0n) is 41.0. The number of amides is 1. The zero-order chi connectivity index (χ0) is 47.5. The number of aliphatic hydroxyl groups is 8. The molecule has 14 heteroatoms. The fourth-order valence-corrected chi connectivity index (χ4v) is 9.18. The highest BCUT2D eigenvalue weighted by Crippen LogP contribution is 2.30. The van der Waals surface area contributed by atoms with Crippen molar-refractivity contribution < 1.29 is 64.6 Å². The number of unbranched alkanes of at least 4 members (excludes halogenated alkanes) is 29. The number of hydrogen-bond acceptors (Lipinski definition) is 13. The van der Waals surface area contributed by atoms with Crippen molar-refractivity contribution in [2.45, 2.75) is 299 Å². The molecular weight excluding hydrogens is 835 g/mol. The van der Waals surface area contributed by atoms with E-state index in [1.165, 1.54) is 148 Å². The summed E-state index contributed by atoms with van der Waals surface area (Å²) in [6.07, 6.45) is 22.6. The largest absolute Gasteiger partial charge is 0.394 e. The highest BCUT2D eigenvalue weighted by Gasteiger charge is 2.51. The number of aliphatic hydroxyl groups excluding tert-OH is 8. The third-order valence-electron chi connectivity index (χ3n) is 13.6. The molecule has 2 saturated heterocycles. The quantitative estimate of drug-likeness (QED) is 0.0273. The second-order valence-corrected chi connectivity index (χ2v) is 19.4. The monoisotopic (exact) mass is 934 g/mol. The van der Waals surface area contributed by atoms with Crippen molar-refractivity contribution in [3.8, 4) is 0 Å². The Morgan fingerprint density at radius 2 is 0.877 bits per heavy atom. The summed E-state index contributed by atoms with van der Waals surface area (Å²) in [6, 6.07) is -0.820. The summed E-state index contributed by atoms with van der Waals surface area (Å²) in [5.41, 5.74) is 0. The van der Waals surface area contributed by atoms with E-state index >= 15 is 0 Å². The molecule has 2 fully saturated rings. The van der Waals surface area contributed by atoms with Crippen LogP contribution in [0, 0.1) is 0 Å². The van der Waals surface area contributed by atoms with Crippen LogP contribution in [-0.2, 0) is 23.7 Å². The molecule has 386 valence electrons. The Hall–Kier alpha value is -1.01. The summed E-state index contributed by atoms with van der Waals surface area (Å²) in [7, 11) is 0. The molecule has 1 amide bonds. The Morgan fingerprint density at radius 1 is 0.492 bits per heavy atom. The van der Waals surface area contributed by atoms with Gasteiger partial charge in [-0.1, -0.05) is 206 Å². The molecule has 14 nitrogen and oxygen atoms in total. The van der Waals surface area contributed by atoms with E-state index in [4.69, 9.17) is 18.9 Å². The maximum absolute atomic E-state index is 13.1. The van der Waals surface area contributed by atoms with Crippen LogP contribution in [0.4, 0.5) is 0 Å². The van der Waals surface area contributed by atoms with Gasteiger partial charge in [-0.05, 0) is 12.8 Å². The van der Waals surface area contributed by atoms with Crippen molar-refractivity contribution in [3.63, 3.8) is 0 Å². The minimum Gasteiger partial charge on any atom is -0.394 e. The van der Waals surface area contributed by atoms with Crippen LogP contribution in [0.25, 0.3) is 0 Å². The minimum absolute atomic E-state index is 0.206. The number of ether oxygens (including phenoxy) is 4. The van der Waals surface area contributed by atoms with E-state index in [2.05, 4.69) is 19.2 Å². The Kier molecular flexibility index (Phi) is 35.9. The molecule has 0 radical (unpaired) electrons. The molecule has 12 atom stereocenters. The van der Waals surface area contributed by atoms with Gasteiger partial charge in [0.1, 0.15) is 48.8 Å². The van der Waals surface area contributed by atoms with E-state index < -0.39 is 86.8 Å². The summed E-state index contributed by atoms with van der Waals surface area (Å²) in [5.74, 6) is -0.206. The summed E-state index contributed by atoms with van der Waals surface area (Å²) in [4.78, 5) is 13.1. The maximum Gasteiger partial charge on any atom is 0.220 e. The molecule has 2 aliphatic rings. The smallest absolute Gasteiger partial charge is 0.220 e. The first kappa shape index (κ1) is 60.1. The van der Waals surface area contributed by atoms with Crippen LogP contribution in [0.1, 0.15) is 226 Å². The Bertz CT molecular complexity index is 1100. The molecule has 0 aromatic carbocycles. The zero-order valence-corrected chi connectivity index (χ0v) is 41.0. The normalized spacial score (nSPS) is 26.9. The van der Waals surface area contributed by atoms with Gasteiger partial charge < -0.3 is 65.1 Å². The molecule has 0 bridgehead atoms. The second kappa shape index (κ2) is 38.8. The van der Waals surface area contributed by atoms with E-state index in [9.17, 15) is 45.6 Å². The summed E-state index contributed by atoms with van der Waals surface area (Å²) < 4.78 is 22.7. The van der Waals surface area contributed by atoms with Gasteiger partial charge in [0.2, 0.25) is 5.91 Å². The van der Waals surface area contributed by atoms with Crippen LogP contribution >= 0.6 is 0 Å². The summed E-state index contributed by atoms with van der Waals surface area (Å²) in [5, 5.41) is 86.9. The third-order valence-corrected chi connectivity index (χ3v) is 13.6. The average Bonchev–Trinajstić information content (AvgIpc) is 3.30. The topological polar surface area (TPSA) is 228 Å². The number of hydrogen-bond donors (Lipinski definition) is 9. The van der Waals surface area contributed by atoms with Gasteiger partial charge in [-0.15, -0.1) is 0 Å². The third kappa shape index (κ3) is 26.0. The van der Waals surface area contributed by atoms with Crippen LogP contribution < -0.4 is 5.32 Å². The highest BCUT2D eigenvalue weighted by molar-refractivity contribution is 5.76. The van der Waals surface area contributed by atoms with Gasteiger partial charge in [0.25, 0.3) is 0 Å². The van der Waals surface area contributed by atoms with Gasteiger partial charge in [0, 0.05) is 6.42 Å². The molecule has 9 N–H and O–H groups in total. The number of carbonyl (C=O) groups excluding carboxylic acids is 1. The molecule has 0 spiro atoms. The lowest BCUT2D eigenvalue weighted by Gasteiger charge is -2.46. The van der Waals surface area contributed by atoms with E-state index in [-0.39, 0.29) is 12.5 Å². The van der Waals surface area contributed by atoms with Crippen molar-refractivity contribution in [3.05, 3.63) is 0 Å². The predicted molar refractivity (Wildman–Crippen MR) is 254 cm³/mol. The number of rotatable bonds is 42. The fraction of sp³-hybridized carbons (Fsp3) is 0.980. The molecular formula is C51H99NO13. The van der Waals surface area contributed by atoms with Gasteiger partial charge >= 0.3 is 0 Å². The lowest BCUT2D eigenvalue weighted by atomic mass is 9.97. The Morgan fingerprint density at radius 3 is 1.31 bits per heavy atom. The lowest BCUT2D eigenvalue weighted by Crippen LogP contribution is -2.65. The predicted octanol–water partition coefficient (Wildman–Crippen LogP) is 7.39. The lowest BCUT2D eigenvalue weighted by molar-refractivity contribution is -0.359. The van der Waals surface area contributed by atoms with Crippen molar-refractivity contribution in [1.29, 1.82) is 0 Å². The Balaban J connectivity index is 1.76. The van der Waals surface area contributed by atoms with Crippen molar-refractivity contribution in [1.82, 2.24) is 5.32 Å². The molecule has 0 saturated carbocycles. The van der Waals surface area contributed by atoms with Gasteiger partial charge in [0.05, 0.1) is 32.0 Å². The molecule has 2 aliphatic heterocycles. The first-order chi connectivity index (χ1) is 31.6. The molecule has 65 heavy (non-hydrogen) atoms. The van der Waals surface area contributed by atoms with Crippen molar-refractivity contribution >= 4 is 5.91 Å². The average molecular weight is 934 g/mol. The standard InChI is InChI=1S/C51H99NO13/c1-3-5-7-9-11-13-15-16-17-18-19-20-21-22-23-24-25-26-28-30-32-34-40(55)39(52-43(56)35-33-31-29-27-14-12-10-8-6-4-2)38-62-50-48(61)46(59)49(42(37-54)64-50)65-51-47(60)45(58)44(57)41(36-53)63-51/h39-42,44-51,53-55,57-61H,3-38H2,1-2H3,(H,52,56).